The van der Waals surface area contributed by atoms with Crippen LogP contribution in [0.5, 0.6) is 0 Å². The molecule has 0 saturated carbocycles. The van der Waals surface area contributed by atoms with Crippen molar-refractivity contribution >= 4 is 44.4 Å². The molecule has 0 spiro atoms. The van der Waals surface area contributed by atoms with Gasteiger partial charge in [0.1, 0.15) is 10.3 Å². The van der Waals surface area contributed by atoms with E-state index in [1.54, 1.807) is 22.6 Å². The molecule has 0 bridgehead atoms. The van der Waals surface area contributed by atoms with Crippen LogP contribution in [0.25, 0.3) is 0 Å². The number of alkyl halides is 2. The summed E-state index contributed by atoms with van der Waals surface area (Å²) >= 11 is 4.67. The number of pyridine rings is 1. The van der Waals surface area contributed by atoms with Gasteiger partial charge in [0.05, 0.1) is 5.56 Å². The van der Waals surface area contributed by atoms with Crippen LogP contribution in [-0.2, 0) is 0 Å². The van der Waals surface area contributed by atoms with Crippen molar-refractivity contribution in [3.8, 4) is 0 Å². The Kier molecular flexibility index (Phi) is 3.76. The van der Waals surface area contributed by atoms with Crippen LogP contribution in [0.2, 0.25) is 0 Å². The lowest BCUT2D eigenvalue weighted by molar-refractivity contribution is 0.0997. The van der Waals surface area contributed by atoms with E-state index in [2.05, 4.69) is 20.9 Å². The molecule has 0 aliphatic carbocycles. The minimum absolute atomic E-state index is 0.0483. The fourth-order valence-electron chi connectivity index (χ4n) is 0.833. The zero-order chi connectivity index (χ0) is 10.9. The highest BCUT2D eigenvalue weighted by Crippen LogP contribution is 2.25. The van der Waals surface area contributed by atoms with E-state index < -0.39 is 12.3 Å². The van der Waals surface area contributed by atoms with Crippen LogP contribution in [0, 0.1) is 3.57 Å². The largest absolute Gasteiger partial charge is 0.365 e. The van der Waals surface area contributed by atoms with Crippen LogP contribution >= 0.6 is 38.5 Å². The van der Waals surface area contributed by atoms with Crippen LogP contribution in [-0.4, -0.2) is 10.9 Å². The van der Waals surface area contributed by atoms with Gasteiger partial charge in [0, 0.05) is 3.57 Å². The molecule has 0 radical (unpaired) electrons. The summed E-state index contributed by atoms with van der Waals surface area (Å²) in [5.41, 5.74) is 4.78. The van der Waals surface area contributed by atoms with Gasteiger partial charge in [-0.15, -0.1) is 0 Å². The summed E-state index contributed by atoms with van der Waals surface area (Å²) in [5.74, 6) is -0.699. The first-order valence-corrected chi connectivity index (χ1v) is 5.24. The Morgan fingerprint density at radius 1 is 1.64 bits per heavy atom. The zero-order valence-electron chi connectivity index (χ0n) is 6.60. The molecule has 2 N–H and O–H groups in total. The van der Waals surface area contributed by atoms with Crippen molar-refractivity contribution in [2.75, 3.05) is 0 Å². The summed E-state index contributed by atoms with van der Waals surface area (Å²) in [6, 6.07) is 1.13. The summed E-state index contributed by atoms with van der Waals surface area (Å²) in [5, 5.41) is 0. The Morgan fingerprint density at radius 2 is 2.21 bits per heavy atom. The third-order valence-electron chi connectivity index (χ3n) is 1.42. The first kappa shape index (κ1) is 11.8. The third-order valence-corrected chi connectivity index (χ3v) is 2.84. The number of nitrogens with zero attached hydrogens (tertiary/aromatic N) is 1. The molecule has 1 amide bonds. The van der Waals surface area contributed by atoms with E-state index in [-0.39, 0.29) is 15.9 Å². The van der Waals surface area contributed by atoms with Crippen LogP contribution in [0.15, 0.2) is 10.7 Å². The number of carbonyl (C=O) groups excluding carboxylic acids is 1. The second-order valence-corrected chi connectivity index (χ2v) is 4.27. The Labute approximate surface area is 100 Å². The Morgan fingerprint density at radius 3 is 2.57 bits per heavy atom. The molecule has 0 unspecified atom stereocenters. The maximum atomic E-state index is 12.3. The molecule has 0 aliphatic rings. The number of carbonyl (C=O) groups is 1. The third kappa shape index (κ3) is 2.38. The van der Waals surface area contributed by atoms with E-state index in [0.717, 1.165) is 6.07 Å². The molecule has 1 heterocycles. The van der Waals surface area contributed by atoms with E-state index in [4.69, 9.17) is 5.73 Å². The van der Waals surface area contributed by atoms with Crippen LogP contribution < -0.4 is 5.73 Å². The summed E-state index contributed by atoms with van der Waals surface area (Å²) in [6.07, 6.45) is -2.67. The van der Waals surface area contributed by atoms with Gasteiger partial charge in [0.2, 0.25) is 0 Å². The Balaban J connectivity index is 3.32. The lowest BCUT2D eigenvalue weighted by Crippen LogP contribution is -2.15. The number of hydrogen-bond acceptors (Lipinski definition) is 2. The van der Waals surface area contributed by atoms with E-state index in [1.807, 2.05) is 0 Å². The van der Waals surface area contributed by atoms with Gasteiger partial charge in [0.15, 0.2) is 0 Å². The van der Waals surface area contributed by atoms with Crippen molar-refractivity contribution in [2.45, 2.75) is 6.43 Å². The van der Waals surface area contributed by atoms with Gasteiger partial charge in [-0.1, -0.05) is 0 Å². The average Bonchev–Trinajstić information content (AvgIpc) is 2.01. The van der Waals surface area contributed by atoms with Crippen molar-refractivity contribution in [3.05, 3.63) is 25.5 Å². The van der Waals surface area contributed by atoms with Crippen LogP contribution in [0.3, 0.4) is 0 Å². The highest BCUT2D eigenvalue weighted by molar-refractivity contribution is 14.1. The maximum Gasteiger partial charge on any atom is 0.280 e. The molecular weight excluding hydrogens is 373 g/mol. The summed E-state index contributed by atoms with van der Waals surface area (Å²) in [6.45, 7) is 0. The molecule has 76 valence electrons. The van der Waals surface area contributed by atoms with Crippen LogP contribution in [0.1, 0.15) is 22.5 Å². The minimum Gasteiger partial charge on any atom is -0.365 e. The molecule has 0 saturated heterocycles. The fraction of sp³-hybridized carbons (Fsp3) is 0.143. The van der Waals surface area contributed by atoms with E-state index >= 15 is 0 Å². The molecule has 14 heavy (non-hydrogen) atoms. The summed E-state index contributed by atoms with van der Waals surface area (Å²) in [4.78, 5) is 14.4. The highest BCUT2D eigenvalue weighted by Gasteiger charge is 2.17. The van der Waals surface area contributed by atoms with Gasteiger partial charge < -0.3 is 5.73 Å². The van der Waals surface area contributed by atoms with E-state index in [1.165, 1.54) is 0 Å². The first-order chi connectivity index (χ1) is 6.43. The second-order valence-electron chi connectivity index (χ2n) is 2.36. The lowest BCUT2D eigenvalue weighted by Gasteiger charge is -2.05. The summed E-state index contributed by atoms with van der Waals surface area (Å²) in [7, 11) is 0. The van der Waals surface area contributed by atoms with E-state index in [9.17, 15) is 13.6 Å². The molecule has 0 aromatic carbocycles. The molecule has 0 fully saturated rings. The highest BCUT2D eigenvalue weighted by atomic mass is 127. The Bertz CT molecular complexity index is 363. The number of hydrogen-bond donors (Lipinski definition) is 1. The zero-order valence-corrected chi connectivity index (χ0v) is 10.3. The van der Waals surface area contributed by atoms with Crippen molar-refractivity contribution in [3.63, 3.8) is 0 Å². The second kappa shape index (κ2) is 4.47. The van der Waals surface area contributed by atoms with Crippen LogP contribution in [0.4, 0.5) is 8.78 Å². The topological polar surface area (TPSA) is 56.0 Å². The van der Waals surface area contributed by atoms with Crippen molar-refractivity contribution in [1.29, 1.82) is 0 Å². The average molecular weight is 377 g/mol. The smallest absolute Gasteiger partial charge is 0.280 e. The summed E-state index contributed by atoms with van der Waals surface area (Å²) < 4.78 is 24.9. The molecule has 1 aromatic rings. The number of aromatic nitrogens is 1. The van der Waals surface area contributed by atoms with Crippen molar-refractivity contribution in [1.82, 2.24) is 4.98 Å². The Hall–Kier alpha value is -0.310. The van der Waals surface area contributed by atoms with Gasteiger partial charge in [-0.25, -0.2) is 13.8 Å². The molecule has 1 aromatic heterocycles. The quantitative estimate of drug-likeness (QED) is 0.636. The van der Waals surface area contributed by atoms with Gasteiger partial charge in [-0.2, -0.15) is 0 Å². The number of rotatable bonds is 2. The van der Waals surface area contributed by atoms with Gasteiger partial charge in [-0.05, 0) is 44.6 Å². The molecule has 7 heteroatoms. The normalized spacial score (nSPS) is 10.6. The lowest BCUT2D eigenvalue weighted by atomic mass is 10.2. The van der Waals surface area contributed by atoms with Crippen molar-refractivity contribution in [2.24, 2.45) is 5.73 Å². The minimum atomic E-state index is -2.67. The first-order valence-electron chi connectivity index (χ1n) is 3.37. The van der Waals surface area contributed by atoms with Gasteiger partial charge in [0.25, 0.3) is 12.3 Å². The molecule has 1 rings (SSSR count). The van der Waals surface area contributed by atoms with Crippen molar-refractivity contribution < 1.29 is 13.6 Å². The van der Waals surface area contributed by atoms with E-state index in [0.29, 0.717) is 3.57 Å². The van der Waals surface area contributed by atoms with Gasteiger partial charge >= 0.3 is 0 Å². The predicted octanol–water partition coefficient (Wildman–Crippen LogP) is 2.49. The number of halogens is 4. The maximum absolute atomic E-state index is 12.3. The number of nitrogens with two attached hydrogens (primary N) is 1. The standard InChI is InChI=1S/C7H4BrF2IN2O/c8-5-4(7(12)14)2(11)1-3(13-5)6(9)10/h1,6H,(H2,12,14). The molecule has 3 nitrogen and oxygen atoms in total. The monoisotopic (exact) mass is 376 g/mol. The predicted molar refractivity (Wildman–Crippen MR) is 58.1 cm³/mol. The SMILES string of the molecule is NC(=O)c1c(I)cc(C(F)F)nc1Br. The number of amides is 1. The van der Waals surface area contributed by atoms with Gasteiger partial charge in [-0.3, -0.25) is 4.79 Å². The number of primary amides is 1. The molecule has 0 aliphatic heterocycles. The molecular formula is C7H4BrF2IN2O. The molecule has 0 atom stereocenters. The fourth-order valence-corrected chi connectivity index (χ4v) is 2.66.